The molecule has 0 saturated carbocycles. The van der Waals surface area contributed by atoms with E-state index in [1.807, 2.05) is 24.3 Å². The third-order valence-electron chi connectivity index (χ3n) is 4.10. The highest BCUT2D eigenvalue weighted by Gasteiger charge is 2.11. The van der Waals surface area contributed by atoms with Crippen LogP contribution in [-0.4, -0.2) is 29.5 Å². The van der Waals surface area contributed by atoms with E-state index in [-0.39, 0.29) is 23.2 Å². The number of amides is 1. The second kappa shape index (κ2) is 9.09. The molecule has 0 saturated heterocycles. The van der Waals surface area contributed by atoms with Gasteiger partial charge in [0, 0.05) is 24.0 Å². The lowest BCUT2D eigenvalue weighted by Gasteiger charge is -2.09. The lowest BCUT2D eigenvalue weighted by Crippen LogP contribution is -2.27. The molecule has 1 heterocycles. The Labute approximate surface area is 167 Å². The summed E-state index contributed by atoms with van der Waals surface area (Å²) in [6.45, 7) is 2.13. The SMILES string of the molecule is COc1cccc(CCNC(=O)c2cc(C)nc(Nc3ccc(F)c(F)c3)n2)c1. The standard InChI is InChI=1S/C21H20F2N4O2/c1-13-10-19(20(28)24-9-8-14-4-3-5-16(11-14)29-2)27-21(25-13)26-15-6-7-17(22)18(23)12-15/h3-7,10-12H,8-9H2,1-2H3,(H,24,28)(H,25,26,27). The van der Waals surface area contributed by atoms with E-state index in [2.05, 4.69) is 20.6 Å². The number of methoxy groups -OCH3 is 1. The minimum Gasteiger partial charge on any atom is -0.497 e. The molecule has 6 nitrogen and oxygen atoms in total. The Balaban J connectivity index is 1.64. The van der Waals surface area contributed by atoms with Gasteiger partial charge in [-0.2, -0.15) is 0 Å². The number of carbonyl (C=O) groups is 1. The van der Waals surface area contributed by atoms with Gasteiger partial charge in [-0.3, -0.25) is 4.79 Å². The zero-order valence-corrected chi connectivity index (χ0v) is 16.0. The van der Waals surface area contributed by atoms with Gasteiger partial charge in [0.15, 0.2) is 11.6 Å². The minimum atomic E-state index is -0.988. The van der Waals surface area contributed by atoms with Gasteiger partial charge in [0.25, 0.3) is 5.91 Å². The largest absolute Gasteiger partial charge is 0.497 e. The Bertz CT molecular complexity index is 1030. The number of aromatic nitrogens is 2. The average molecular weight is 398 g/mol. The van der Waals surface area contributed by atoms with Crippen molar-refractivity contribution in [2.45, 2.75) is 13.3 Å². The molecular formula is C21H20F2N4O2. The molecule has 0 atom stereocenters. The number of nitrogens with zero attached hydrogens (tertiary/aromatic N) is 2. The van der Waals surface area contributed by atoms with E-state index >= 15 is 0 Å². The molecule has 0 aliphatic carbocycles. The molecule has 29 heavy (non-hydrogen) atoms. The maximum Gasteiger partial charge on any atom is 0.270 e. The van der Waals surface area contributed by atoms with Gasteiger partial charge >= 0.3 is 0 Å². The van der Waals surface area contributed by atoms with Gasteiger partial charge in [-0.1, -0.05) is 12.1 Å². The quantitative estimate of drug-likeness (QED) is 0.633. The number of ether oxygens (including phenoxy) is 1. The zero-order valence-electron chi connectivity index (χ0n) is 16.0. The fraction of sp³-hybridized carbons (Fsp3) is 0.190. The molecule has 0 aliphatic heterocycles. The number of nitrogens with one attached hydrogen (secondary N) is 2. The monoisotopic (exact) mass is 398 g/mol. The van der Waals surface area contributed by atoms with E-state index in [4.69, 9.17) is 4.74 Å². The van der Waals surface area contributed by atoms with E-state index in [9.17, 15) is 13.6 Å². The molecule has 0 bridgehead atoms. The molecule has 2 N–H and O–H groups in total. The van der Waals surface area contributed by atoms with Crippen LogP contribution < -0.4 is 15.4 Å². The van der Waals surface area contributed by atoms with Crippen molar-refractivity contribution in [2.75, 3.05) is 19.0 Å². The molecule has 0 fully saturated rings. The van der Waals surface area contributed by atoms with Crippen molar-refractivity contribution < 1.29 is 18.3 Å². The number of carbonyl (C=O) groups excluding carboxylic acids is 1. The second-order valence-electron chi connectivity index (χ2n) is 6.33. The molecule has 0 spiro atoms. The molecule has 2 aromatic carbocycles. The Morgan fingerprint density at radius 1 is 1.07 bits per heavy atom. The van der Waals surface area contributed by atoms with E-state index in [1.165, 1.54) is 6.07 Å². The van der Waals surface area contributed by atoms with Crippen molar-refractivity contribution in [3.8, 4) is 5.75 Å². The minimum absolute atomic E-state index is 0.119. The zero-order chi connectivity index (χ0) is 20.8. The summed E-state index contributed by atoms with van der Waals surface area (Å²) in [5.74, 6) is -1.41. The molecular weight excluding hydrogens is 378 g/mol. The van der Waals surface area contributed by atoms with Crippen LogP contribution in [0.15, 0.2) is 48.5 Å². The summed E-state index contributed by atoms with van der Waals surface area (Å²) < 4.78 is 31.6. The van der Waals surface area contributed by atoms with Crippen molar-refractivity contribution in [3.63, 3.8) is 0 Å². The first kappa shape index (κ1) is 20.2. The first-order chi connectivity index (χ1) is 13.9. The highest BCUT2D eigenvalue weighted by atomic mass is 19.2. The number of rotatable bonds is 7. The Morgan fingerprint density at radius 3 is 2.66 bits per heavy atom. The topological polar surface area (TPSA) is 76.1 Å². The van der Waals surface area contributed by atoms with Crippen LogP contribution in [0.2, 0.25) is 0 Å². The van der Waals surface area contributed by atoms with E-state index in [1.54, 1.807) is 20.1 Å². The summed E-state index contributed by atoms with van der Waals surface area (Å²) in [4.78, 5) is 20.8. The van der Waals surface area contributed by atoms with Crippen LogP contribution in [0.25, 0.3) is 0 Å². The lowest BCUT2D eigenvalue weighted by molar-refractivity contribution is 0.0949. The average Bonchev–Trinajstić information content (AvgIpc) is 2.70. The molecule has 150 valence electrons. The van der Waals surface area contributed by atoms with Crippen molar-refractivity contribution in [2.24, 2.45) is 0 Å². The van der Waals surface area contributed by atoms with Crippen LogP contribution in [0, 0.1) is 18.6 Å². The van der Waals surface area contributed by atoms with Crippen LogP contribution in [0.4, 0.5) is 20.4 Å². The summed E-state index contributed by atoms with van der Waals surface area (Å²) in [6.07, 6.45) is 0.632. The van der Waals surface area contributed by atoms with Crippen LogP contribution in [0.1, 0.15) is 21.7 Å². The second-order valence-corrected chi connectivity index (χ2v) is 6.33. The van der Waals surface area contributed by atoms with Crippen LogP contribution in [0.3, 0.4) is 0 Å². The van der Waals surface area contributed by atoms with Gasteiger partial charge in [-0.15, -0.1) is 0 Å². The lowest BCUT2D eigenvalue weighted by atomic mass is 10.1. The molecule has 8 heteroatoms. The summed E-state index contributed by atoms with van der Waals surface area (Å²) in [5, 5.41) is 5.59. The number of halogens is 2. The van der Waals surface area contributed by atoms with E-state index < -0.39 is 11.6 Å². The summed E-state index contributed by atoms with van der Waals surface area (Å²) >= 11 is 0. The number of anilines is 2. The predicted molar refractivity (Wildman–Crippen MR) is 105 cm³/mol. The maximum absolute atomic E-state index is 13.4. The molecule has 3 aromatic rings. The first-order valence-corrected chi connectivity index (χ1v) is 8.93. The summed E-state index contributed by atoms with van der Waals surface area (Å²) in [6, 6.07) is 12.5. The molecule has 1 amide bonds. The highest BCUT2D eigenvalue weighted by Crippen LogP contribution is 2.17. The Hall–Kier alpha value is -3.55. The van der Waals surface area contributed by atoms with Crippen LogP contribution in [0.5, 0.6) is 5.75 Å². The van der Waals surface area contributed by atoms with Crippen LogP contribution in [-0.2, 0) is 6.42 Å². The number of hydrogen-bond acceptors (Lipinski definition) is 5. The smallest absolute Gasteiger partial charge is 0.270 e. The molecule has 0 radical (unpaired) electrons. The van der Waals surface area contributed by atoms with Crippen molar-refractivity contribution in [1.29, 1.82) is 0 Å². The van der Waals surface area contributed by atoms with Gasteiger partial charge in [0.05, 0.1) is 7.11 Å². The van der Waals surface area contributed by atoms with Crippen molar-refractivity contribution in [1.82, 2.24) is 15.3 Å². The maximum atomic E-state index is 13.4. The van der Waals surface area contributed by atoms with Gasteiger partial charge in [0.2, 0.25) is 5.95 Å². The Morgan fingerprint density at radius 2 is 1.90 bits per heavy atom. The van der Waals surface area contributed by atoms with Crippen LogP contribution >= 0.6 is 0 Å². The molecule has 3 rings (SSSR count). The van der Waals surface area contributed by atoms with Crippen molar-refractivity contribution >= 4 is 17.5 Å². The van der Waals surface area contributed by atoms with Gasteiger partial charge in [-0.25, -0.2) is 18.7 Å². The molecule has 0 unspecified atom stereocenters. The molecule has 1 aromatic heterocycles. The van der Waals surface area contributed by atoms with E-state index in [0.29, 0.717) is 18.7 Å². The molecule has 0 aliphatic rings. The van der Waals surface area contributed by atoms with Gasteiger partial charge in [0.1, 0.15) is 11.4 Å². The predicted octanol–water partition coefficient (Wildman–Crippen LogP) is 3.79. The first-order valence-electron chi connectivity index (χ1n) is 8.93. The third kappa shape index (κ3) is 5.47. The van der Waals surface area contributed by atoms with E-state index in [0.717, 1.165) is 23.4 Å². The summed E-state index contributed by atoms with van der Waals surface area (Å²) in [5.41, 5.74) is 2.04. The normalized spacial score (nSPS) is 10.5. The van der Waals surface area contributed by atoms with Gasteiger partial charge < -0.3 is 15.4 Å². The number of hydrogen-bond donors (Lipinski definition) is 2. The Kier molecular flexibility index (Phi) is 6.33. The number of aryl methyl sites for hydroxylation is 1. The highest BCUT2D eigenvalue weighted by molar-refractivity contribution is 5.92. The van der Waals surface area contributed by atoms with Crippen molar-refractivity contribution in [3.05, 3.63) is 77.1 Å². The third-order valence-corrected chi connectivity index (χ3v) is 4.10. The number of benzene rings is 2. The summed E-state index contributed by atoms with van der Waals surface area (Å²) in [7, 11) is 1.60. The fourth-order valence-electron chi connectivity index (χ4n) is 2.68. The fourth-order valence-corrected chi connectivity index (χ4v) is 2.68. The van der Waals surface area contributed by atoms with Gasteiger partial charge in [-0.05, 0) is 49.2 Å².